The van der Waals surface area contributed by atoms with Crippen LogP contribution in [0.3, 0.4) is 0 Å². The number of para-hydroxylation sites is 1. The van der Waals surface area contributed by atoms with Crippen molar-refractivity contribution in [3.05, 3.63) is 99.8 Å². The Kier molecular flexibility index (Phi) is 5.65. The van der Waals surface area contributed by atoms with Gasteiger partial charge in [-0.15, -0.1) is 22.7 Å². The third-order valence-electron chi connectivity index (χ3n) is 5.30. The van der Waals surface area contributed by atoms with Crippen LogP contribution in [0.25, 0.3) is 21.5 Å². The molecule has 6 heteroatoms. The van der Waals surface area contributed by atoms with Gasteiger partial charge in [-0.05, 0) is 23.1 Å². The molecule has 1 amide bonds. The van der Waals surface area contributed by atoms with Gasteiger partial charge in [0.2, 0.25) is 5.91 Å². The van der Waals surface area contributed by atoms with E-state index in [2.05, 4.69) is 57.2 Å². The van der Waals surface area contributed by atoms with Gasteiger partial charge in [-0.3, -0.25) is 4.79 Å². The number of fused-ring (bicyclic) bond motifs is 1. The van der Waals surface area contributed by atoms with Crippen LogP contribution < -0.4 is 5.32 Å². The summed E-state index contributed by atoms with van der Waals surface area (Å²) in [5.41, 5.74) is 4.21. The standard InChI is InChI=1S/C25H21N3OS2/c29-24(13-18-16-31-25(28-18)17-7-2-1-3-8-17)27-15-21(23-11-6-12-30-23)20-14-26-22-10-5-4-9-19(20)22/h1-12,14,16,21,26H,13,15H2,(H,27,29)/t21-/m1/s1. The Morgan fingerprint density at radius 2 is 1.84 bits per heavy atom. The van der Waals surface area contributed by atoms with E-state index >= 15 is 0 Å². The minimum absolute atomic E-state index is 0.00805. The van der Waals surface area contributed by atoms with E-state index in [9.17, 15) is 4.79 Å². The number of hydrogen-bond acceptors (Lipinski definition) is 4. The number of nitrogens with one attached hydrogen (secondary N) is 2. The van der Waals surface area contributed by atoms with E-state index in [4.69, 9.17) is 0 Å². The highest BCUT2D eigenvalue weighted by Crippen LogP contribution is 2.33. The number of nitrogens with zero attached hydrogens (tertiary/aromatic N) is 1. The van der Waals surface area contributed by atoms with Crippen molar-refractivity contribution in [2.24, 2.45) is 0 Å². The molecule has 5 rings (SSSR count). The SMILES string of the molecule is O=C(Cc1csc(-c2ccccc2)n1)NC[C@@H](c1cccs1)c1c[nH]c2ccccc12. The molecule has 31 heavy (non-hydrogen) atoms. The number of carbonyl (C=O) groups is 1. The van der Waals surface area contributed by atoms with Gasteiger partial charge in [-0.2, -0.15) is 0 Å². The van der Waals surface area contributed by atoms with E-state index in [1.54, 1.807) is 22.7 Å². The average molecular weight is 444 g/mol. The van der Waals surface area contributed by atoms with Crippen molar-refractivity contribution >= 4 is 39.5 Å². The fourth-order valence-corrected chi connectivity index (χ4v) is 5.45. The molecule has 0 unspecified atom stereocenters. The summed E-state index contributed by atoms with van der Waals surface area (Å²) >= 11 is 3.29. The van der Waals surface area contributed by atoms with Crippen LogP contribution in [0, 0.1) is 0 Å². The smallest absolute Gasteiger partial charge is 0.226 e. The van der Waals surface area contributed by atoms with Gasteiger partial charge in [0, 0.05) is 45.4 Å². The quantitative estimate of drug-likeness (QED) is 0.332. The Morgan fingerprint density at radius 1 is 1.00 bits per heavy atom. The van der Waals surface area contributed by atoms with Crippen molar-refractivity contribution in [2.45, 2.75) is 12.3 Å². The van der Waals surface area contributed by atoms with Crippen LogP contribution in [0.15, 0.2) is 83.7 Å². The molecule has 3 heterocycles. The van der Waals surface area contributed by atoms with E-state index in [0.29, 0.717) is 6.54 Å². The molecule has 2 aromatic carbocycles. The van der Waals surface area contributed by atoms with Gasteiger partial charge in [0.15, 0.2) is 0 Å². The van der Waals surface area contributed by atoms with E-state index < -0.39 is 0 Å². The highest BCUT2D eigenvalue weighted by molar-refractivity contribution is 7.13. The van der Waals surface area contributed by atoms with Gasteiger partial charge in [0.25, 0.3) is 0 Å². The van der Waals surface area contributed by atoms with Crippen molar-refractivity contribution in [2.75, 3.05) is 6.54 Å². The zero-order chi connectivity index (χ0) is 21.0. The fraction of sp³-hybridized carbons (Fsp3) is 0.120. The van der Waals surface area contributed by atoms with Crippen LogP contribution in [0.4, 0.5) is 0 Å². The number of amides is 1. The first-order valence-electron chi connectivity index (χ1n) is 10.1. The van der Waals surface area contributed by atoms with Crippen molar-refractivity contribution < 1.29 is 4.79 Å². The molecule has 0 aliphatic carbocycles. The molecule has 0 aliphatic heterocycles. The van der Waals surface area contributed by atoms with Crippen molar-refractivity contribution in [1.82, 2.24) is 15.3 Å². The van der Waals surface area contributed by atoms with E-state index in [-0.39, 0.29) is 18.2 Å². The van der Waals surface area contributed by atoms with E-state index in [0.717, 1.165) is 21.8 Å². The topological polar surface area (TPSA) is 57.8 Å². The first-order valence-corrected chi connectivity index (χ1v) is 11.9. The second kappa shape index (κ2) is 8.88. The number of rotatable bonds is 7. The lowest BCUT2D eigenvalue weighted by molar-refractivity contribution is -0.120. The largest absolute Gasteiger partial charge is 0.361 e. The van der Waals surface area contributed by atoms with E-state index in [1.165, 1.54) is 15.8 Å². The lowest BCUT2D eigenvalue weighted by Crippen LogP contribution is -2.30. The minimum Gasteiger partial charge on any atom is -0.361 e. The number of thiophene rings is 1. The monoisotopic (exact) mass is 443 g/mol. The molecule has 1 atom stereocenters. The minimum atomic E-state index is -0.00805. The molecule has 3 aromatic heterocycles. The molecule has 0 radical (unpaired) electrons. The van der Waals surface area contributed by atoms with Gasteiger partial charge in [0.05, 0.1) is 12.1 Å². The van der Waals surface area contributed by atoms with Crippen LogP contribution in [-0.2, 0) is 11.2 Å². The van der Waals surface area contributed by atoms with Crippen molar-refractivity contribution in [3.63, 3.8) is 0 Å². The maximum Gasteiger partial charge on any atom is 0.226 e. The maximum atomic E-state index is 12.7. The molecule has 154 valence electrons. The van der Waals surface area contributed by atoms with Crippen molar-refractivity contribution in [3.8, 4) is 10.6 Å². The van der Waals surface area contributed by atoms with Gasteiger partial charge < -0.3 is 10.3 Å². The summed E-state index contributed by atoms with van der Waals surface area (Å²) in [5.74, 6) is 0.0988. The first kappa shape index (κ1) is 19.7. The zero-order valence-corrected chi connectivity index (χ0v) is 18.4. The van der Waals surface area contributed by atoms with Crippen LogP contribution in [0.2, 0.25) is 0 Å². The molecule has 0 spiro atoms. The summed E-state index contributed by atoms with van der Waals surface area (Å²) in [6.45, 7) is 0.552. The Bertz CT molecular complexity index is 1290. The number of hydrogen-bond donors (Lipinski definition) is 2. The summed E-state index contributed by atoms with van der Waals surface area (Å²) in [4.78, 5) is 22.0. The Morgan fingerprint density at radius 3 is 2.68 bits per heavy atom. The number of carbonyl (C=O) groups excluding carboxylic acids is 1. The molecule has 0 aliphatic rings. The molecular weight excluding hydrogens is 422 g/mol. The number of aromatic nitrogens is 2. The highest BCUT2D eigenvalue weighted by Gasteiger charge is 2.20. The maximum absolute atomic E-state index is 12.7. The predicted octanol–water partition coefficient (Wildman–Crippen LogP) is 5.84. The van der Waals surface area contributed by atoms with Gasteiger partial charge in [0.1, 0.15) is 5.01 Å². The molecule has 0 fully saturated rings. The van der Waals surface area contributed by atoms with Gasteiger partial charge >= 0.3 is 0 Å². The zero-order valence-electron chi connectivity index (χ0n) is 16.7. The summed E-state index contributed by atoms with van der Waals surface area (Å²) in [7, 11) is 0. The normalized spacial score (nSPS) is 12.1. The highest BCUT2D eigenvalue weighted by atomic mass is 32.1. The lowest BCUT2D eigenvalue weighted by atomic mass is 9.96. The van der Waals surface area contributed by atoms with Gasteiger partial charge in [-0.25, -0.2) is 4.98 Å². The molecule has 0 saturated carbocycles. The second-order valence-corrected chi connectivity index (χ2v) is 9.19. The summed E-state index contributed by atoms with van der Waals surface area (Å²) in [5, 5.41) is 9.33. The number of H-pyrrole nitrogens is 1. The molecule has 0 bridgehead atoms. The molecule has 0 saturated heterocycles. The van der Waals surface area contributed by atoms with Crippen LogP contribution in [0.1, 0.15) is 22.1 Å². The number of aromatic amines is 1. The molecular formula is C25H21N3OS2. The Labute approximate surface area is 188 Å². The van der Waals surface area contributed by atoms with E-state index in [1.807, 2.05) is 41.8 Å². The molecule has 5 aromatic rings. The third-order valence-corrected chi connectivity index (χ3v) is 7.23. The fourth-order valence-electron chi connectivity index (χ4n) is 3.78. The van der Waals surface area contributed by atoms with Crippen LogP contribution in [-0.4, -0.2) is 22.4 Å². The van der Waals surface area contributed by atoms with Crippen molar-refractivity contribution in [1.29, 1.82) is 0 Å². The molecule has 2 N–H and O–H groups in total. The first-order chi connectivity index (χ1) is 15.3. The number of thiazole rings is 1. The molecule has 4 nitrogen and oxygen atoms in total. The average Bonchev–Trinajstić information content (AvgIpc) is 3.56. The second-order valence-electron chi connectivity index (χ2n) is 7.35. The van der Waals surface area contributed by atoms with Crippen LogP contribution >= 0.6 is 22.7 Å². The van der Waals surface area contributed by atoms with Crippen LogP contribution in [0.5, 0.6) is 0 Å². The summed E-state index contributed by atoms with van der Waals surface area (Å²) < 4.78 is 0. The lowest BCUT2D eigenvalue weighted by Gasteiger charge is -2.16. The number of benzene rings is 2. The predicted molar refractivity (Wildman–Crippen MR) is 129 cm³/mol. The summed E-state index contributed by atoms with van der Waals surface area (Å²) in [6.07, 6.45) is 2.35. The summed E-state index contributed by atoms with van der Waals surface area (Å²) in [6, 6.07) is 22.5. The third kappa shape index (κ3) is 4.31. The Hall–Kier alpha value is -3.22. The van der Waals surface area contributed by atoms with Gasteiger partial charge in [-0.1, -0.05) is 54.6 Å². The Balaban J connectivity index is 1.30.